The van der Waals surface area contributed by atoms with E-state index >= 15 is 0 Å². The fourth-order valence-corrected chi connectivity index (χ4v) is 3.45. The molecule has 0 unspecified atom stereocenters. The van der Waals surface area contributed by atoms with Crippen molar-refractivity contribution in [1.29, 1.82) is 0 Å². The van der Waals surface area contributed by atoms with Crippen molar-refractivity contribution >= 4 is 79.1 Å². The first kappa shape index (κ1) is 51.6. The quantitative estimate of drug-likeness (QED) is 0.0973. The van der Waals surface area contributed by atoms with Crippen molar-refractivity contribution < 1.29 is 42.9 Å². The highest BCUT2D eigenvalue weighted by Crippen LogP contribution is 2.27. The van der Waals surface area contributed by atoms with E-state index in [1.165, 1.54) is 0 Å². The van der Waals surface area contributed by atoms with Crippen LogP contribution < -0.4 is 22.1 Å². The molecule has 0 aliphatic carbocycles. The zero-order chi connectivity index (χ0) is 41.0. The van der Waals surface area contributed by atoms with E-state index in [0.717, 1.165) is 8.95 Å². The molecule has 0 radical (unpaired) electrons. The van der Waals surface area contributed by atoms with Gasteiger partial charge in [-0.1, -0.05) is 59.6 Å². The van der Waals surface area contributed by atoms with Crippen LogP contribution in [0.25, 0.3) is 0 Å². The van der Waals surface area contributed by atoms with Gasteiger partial charge in [0.25, 0.3) is 0 Å². The van der Waals surface area contributed by atoms with Gasteiger partial charge in [-0.3, -0.25) is 10.6 Å². The van der Waals surface area contributed by atoms with Crippen molar-refractivity contribution in [1.82, 2.24) is 0 Å². The number of benzene rings is 2. The Morgan fingerprint density at radius 1 is 0.510 bits per heavy atom. The smallest absolute Gasteiger partial charge is 0.444 e. The van der Waals surface area contributed by atoms with Gasteiger partial charge < -0.3 is 35.2 Å². The third kappa shape index (κ3) is 30.8. The Morgan fingerprint density at radius 3 is 1.18 bits per heavy atom. The lowest BCUT2D eigenvalue weighted by Crippen LogP contribution is -2.29. The van der Waals surface area contributed by atoms with Crippen LogP contribution in [0, 0.1) is 0 Å². The fraction of sp³-hybridized carbons (Fsp3) is 0.556. The van der Waals surface area contributed by atoms with Crippen molar-refractivity contribution in [2.45, 2.75) is 133 Å². The average molecular weight is 853 g/mol. The second kappa shape index (κ2) is 23.7. The molecule has 0 atom stereocenters. The molecule has 0 spiro atoms. The van der Waals surface area contributed by atoms with E-state index in [0.29, 0.717) is 22.7 Å². The number of ether oxygens (including phenoxy) is 5. The number of carbonyl (C=O) groups is 4. The van der Waals surface area contributed by atoms with Gasteiger partial charge in [0.15, 0.2) is 0 Å². The minimum atomic E-state index is -1.06. The molecular formula is C36H60Br2N4O9. The van der Waals surface area contributed by atoms with Crippen LogP contribution in [0.15, 0.2) is 45.3 Å². The summed E-state index contributed by atoms with van der Waals surface area (Å²) in [6.45, 7) is 28.6. The van der Waals surface area contributed by atoms with Gasteiger partial charge in [-0.2, -0.15) is 0 Å². The van der Waals surface area contributed by atoms with E-state index in [9.17, 15) is 19.2 Å². The largest absolute Gasteiger partial charge is 0.519 e. The molecule has 13 nitrogen and oxygen atoms in total. The number of halogens is 2. The highest BCUT2D eigenvalue weighted by molar-refractivity contribution is 9.10. The Morgan fingerprint density at radius 2 is 0.843 bits per heavy atom. The number of hydrogen-bond acceptors (Lipinski definition) is 11. The van der Waals surface area contributed by atoms with Gasteiger partial charge in [-0.05, 0) is 119 Å². The van der Waals surface area contributed by atoms with Crippen molar-refractivity contribution in [3.63, 3.8) is 0 Å². The van der Waals surface area contributed by atoms with Crippen LogP contribution in [0.3, 0.4) is 0 Å². The molecule has 2 rings (SSSR count). The van der Waals surface area contributed by atoms with Crippen LogP contribution in [-0.4, -0.2) is 46.9 Å². The standard InChI is InChI=1S/C16H23BrN2O4.C10H18O5.C6H7BrN2.2C2H6/c1-15(2,3)22-13(20)18-11-8-7-10(17)9-12(11)19-14(21)23-16(4,5)6;1-9(2,3)14-7(11)13-8(12)15-10(4,5)6;7-4-1-2-5(8)6(9)3-4;2*1-2/h7-9H,1-6H3,(H,18,20)(H,19,21);1-6H3;1-3H,8-9H2;2*1-2H3. The zero-order valence-corrected chi connectivity index (χ0v) is 36.2. The molecule has 0 bridgehead atoms. The monoisotopic (exact) mass is 850 g/mol. The van der Waals surface area contributed by atoms with E-state index in [2.05, 4.69) is 47.2 Å². The number of rotatable bonds is 2. The number of anilines is 4. The molecule has 6 N–H and O–H groups in total. The SMILES string of the molecule is CC.CC.CC(C)(C)OC(=O)Nc1ccc(Br)cc1NC(=O)OC(C)(C)C.CC(C)(C)OC(=O)OC(=O)OC(C)(C)C.Nc1ccc(Br)cc1N. The summed E-state index contributed by atoms with van der Waals surface area (Å²) in [6, 6.07) is 10.4. The third-order valence-electron chi connectivity index (χ3n) is 4.25. The van der Waals surface area contributed by atoms with E-state index in [4.69, 9.17) is 30.4 Å². The summed E-state index contributed by atoms with van der Waals surface area (Å²) in [4.78, 5) is 45.8. The van der Waals surface area contributed by atoms with Crippen LogP contribution in [0.4, 0.5) is 41.9 Å². The minimum Gasteiger partial charge on any atom is -0.444 e. The first-order chi connectivity index (χ1) is 23.0. The minimum absolute atomic E-state index is 0.402. The van der Waals surface area contributed by atoms with Crippen molar-refractivity contribution in [2.75, 3.05) is 22.1 Å². The van der Waals surface area contributed by atoms with Gasteiger partial charge in [-0.15, -0.1) is 0 Å². The lowest BCUT2D eigenvalue weighted by molar-refractivity contribution is -0.0294. The maximum absolute atomic E-state index is 11.9. The highest BCUT2D eigenvalue weighted by Gasteiger charge is 2.24. The second-order valence-electron chi connectivity index (χ2n) is 13.7. The van der Waals surface area contributed by atoms with Gasteiger partial charge in [0.2, 0.25) is 0 Å². The zero-order valence-electron chi connectivity index (χ0n) is 33.0. The molecule has 51 heavy (non-hydrogen) atoms. The molecule has 0 fully saturated rings. The fourth-order valence-electron chi connectivity index (χ4n) is 2.71. The first-order valence-corrected chi connectivity index (χ1v) is 17.9. The number of carbonyl (C=O) groups excluding carboxylic acids is 4. The number of nitrogen functional groups attached to an aromatic ring is 2. The van der Waals surface area contributed by atoms with Gasteiger partial charge in [0.1, 0.15) is 22.4 Å². The molecule has 0 saturated carbocycles. The Hall–Kier alpha value is -3.72. The van der Waals surface area contributed by atoms with Gasteiger partial charge in [-0.25, -0.2) is 19.2 Å². The lowest BCUT2D eigenvalue weighted by Gasteiger charge is -2.22. The lowest BCUT2D eigenvalue weighted by atomic mass is 10.2. The molecular weight excluding hydrogens is 792 g/mol. The van der Waals surface area contributed by atoms with Crippen LogP contribution in [0.1, 0.15) is 111 Å². The summed E-state index contributed by atoms with van der Waals surface area (Å²) in [5, 5.41) is 5.22. The topological polar surface area (TPSA) is 191 Å². The van der Waals surface area contributed by atoms with Crippen LogP contribution >= 0.6 is 31.9 Å². The predicted molar refractivity (Wildman–Crippen MR) is 213 cm³/mol. The maximum atomic E-state index is 11.9. The first-order valence-electron chi connectivity index (χ1n) is 16.3. The summed E-state index contributed by atoms with van der Waals surface area (Å²) in [6.07, 6.45) is -3.33. The van der Waals surface area contributed by atoms with E-state index < -0.39 is 46.9 Å². The number of nitrogens with two attached hydrogens (primary N) is 2. The normalized spacial score (nSPS) is 10.6. The number of amides is 2. The molecule has 0 aliphatic heterocycles. The average Bonchev–Trinajstić information content (AvgIpc) is 2.91. The molecule has 15 heteroatoms. The van der Waals surface area contributed by atoms with Crippen LogP contribution in [0.5, 0.6) is 0 Å². The summed E-state index contributed by atoms with van der Waals surface area (Å²) < 4.78 is 25.9. The number of hydrogen-bond donors (Lipinski definition) is 4. The molecule has 0 saturated heterocycles. The van der Waals surface area contributed by atoms with Crippen LogP contribution in [0.2, 0.25) is 0 Å². The van der Waals surface area contributed by atoms with Gasteiger partial charge >= 0.3 is 24.5 Å². The molecule has 2 amide bonds. The van der Waals surface area contributed by atoms with E-state index in [-0.39, 0.29) is 0 Å². The molecule has 0 aliphatic rings. The summed E-state index contributed by atoms with van der Waals surface area (Å²) >= 11 is 6.59. The molecule has 0 heterocycles. The summed E-state index contributed by atoms with van der Waals surface area (Å²) in [5.41, 5.74) is 10.3. The van der Waals surface area contributed by atoms with Crippen molar-refractivity contribution in [3.8, 4) is 0 Å². The van der Waals surface area contributed by atoms with Gasteiger partial charge in [0.05, 0.1) is 22.7 Å². The van der Waals surface area contributed by atoms with Gasteiger partial charge in [0, 0.05) is 8.95 Å². The Kier molecular flexibility index (Phi) is 24.0. The molecule has 2 aromatic rings. The Balaban J connectivity index is -0.000000703. The van der Waals surface area contributed by atoms with E-state index in [1.807, 2.05) is 33.8 Å². The number of nitrogens with one attached hydrogen (secondary N) is 2. The molecule has 292 valence electrons. The predicted octanol–water partition coefficient (Wildman–Crippen LogP) is 11.7. The third-order valence-corrected chi connectivity index (χ3v) is 5.23. The Bertz CT molecular complexity index is 1350. The van der Waals surface area contributed by atoms with Crippen LogP contribution in [-0.2, 0) is 23.7 Å². The molecule has 2 aromatic carbocycles. The van der Waals surface area contributed by atoms with Crippen molar-refractivity contribution in [2.24, 2.45) is 0 Å². The second-order valence-corrected chi connectivity index (χ2v) is 15.6. The highest BCUT2D eigenvalue weighted by atomic mass is 79.9. The summed E-state index contributed by atoms with van der Waals surface area (Å²) in [5.74, 6) is 0. The maximum Gasteiger partial charge on any atom is 0.519 e. The molecule has 0 aromatic heterocycles. The summed E-state index contributed by atoms with van der Waals surface area (Å²) in [7, 11) is 0. The van der Waals surface area contributed by atoms with E-state index in [1.54, 1.807) is 113 Å². The Labute approximate surface area is 321 Å². The van der Waals surface area contributed by atoms with Crippen molar-refractivity contribution in [3.05, 3.63) is 45.3 Å².